The van der Waals surface area contributed by atoms with Crippen LogP contribution in [0.1, 0.15) is 11.4 Å². The molecule has 2 aromatic carbocycles. The summed E-state index contributed by atoms with van der Waals surface area (Å²) in [5.41, 5.74) is 1.67. The highest BCUT2D eigenvalue weighted by Crippen LogP contribution is 2.30. The monoisotopic (exact) mass is 336 g/mol. The molecule has 24 heavy (non-hydrogen) atoms. The maximum absolute atomic E-state index is 13.3. The Morgan fingerprint density at radius 2 is 1.88 bits per heavy atom. The van der Waals surface area contributed by atoms with E-state index in [0.29, 0.717) is 22.5 Å². The first-order chi connectivity index (χ1) is 11.7. The molecule has 0 aliphatic heterocycles. The Labute approximate surface area is 141 Å². The Balaban J connectivity index is 1.75. The number of nitrogens with zero attached hydrogens (tertiary/aromatic N) is 1. The van der Waals surface area contributed by atoms with Crippen molar-refractivity contribution in [3.05, 3.63) is 88.2 Å². The first kappa shape index (κ1) is 14.8. The number of fused-ring (bicyclic) bond motifs is 1. The van der Waals surface area contributed by atoms with E-state index in [2.05, 4.69) is 9.97 Å². The van der Waals surface area contributed by atoms with Gasteiger partial charge in [0.05, 0.1) is 5.39 Å². The maximum Gasteiger partial charge on any atom is 0.259 e. The topological polar surface area (TPSA) is 45.8 Å². The van der Waals surface area contributed by atoms with Crippen LogP contribution in [0.15, 0.2) is 65.5 Å². The second-order valence-electron chi connectivity index (χ2n) is 5.51. The minimum absolute atomic E-state index is 0.162. The van der Waals surface area contributed by atoms with Gasteiger partial charge in [-0.2, -0.15) is 0 Å². The summed E-state index contributed by atoms with van der Waals surface area (Å²) in [5, 5.41) is 0.585. The predicted molar refractivity (Wildman–Crippen MR) is 94.9 cm³/mol. The summed E-state index contributed by atoms with van der Waals surface area (Å²) in [6, 6.07) is 18.1. The normalized spacial score (nSPS) is 11.0. The fraction of sp³-hybridized carbons (Fsp3) is 0.0526. The molecule has 0 saturated carbocycles. The van der Waals surface area contributed by atoms with Crippen LogP contribution in [-0.4, -0.2) is 9.97 Å². The van der Waals surface area contributed by atoms with Gasteiger partial charge in [0, 0.05) is 11.3 Å². The van der Waals surface area contributed by atoms with Gasteiger partial charge in [0.25, 0.3) is 5.56 Å². The van der Waals surface area contributed by atoms with Crippen LogP contribution in [-0.2, 0) is 6.42 Å². The summed E-state index contributed by atoms with van der Waals surface area (Å²) in [6.07, 6.45) is 0.390. The molecule has 1 N–H and O–H groups in total. The van der Waals surface area contributed by atoms with Gasteiger partial charge in [0.2, 0.25) is 0 Å². The molecule has 0 radical (unpaired) electrons. The number of benzene rings is 2. The lowest BCUT2D eigenvalue weighted by Crippen LogP contribution is -2.10. The number of H-pyrrole nitrogens is 1. The summed E-state index contributed by atoms with van der Waals surface area (Å²) in [4.78, 5) is 21.4. The Hall–Kier alpha value is -2.79. The van der Waals surface area contributed by atoms with E-state index in [1.54, 1.807) is 6.07 Å². The van der Waals surface area contributed by atoms with Crippen molar-refractivity contribution >= 4 is 21.6 Å². The van der Waals surface area contributed by atoms with Gasteiger partial charge < -0.3 is 4.98 Å². The molecule has 4 rings (SSSR count). The molecular formula is C19H13FN2OS. The van der Waals surface area contributed by atoms with E-state index in [-0.39, 0.29) is 11.4 Å². The van der Waals surface area contributed by atoms with Crippen molar-refractivity contribution in [3.8, 4) is 10.4 Å². The van der Waals surface area contributed by atoms with E-state index >= 15 is 0 Å². The van der Waals surface area contributed by atoms with Crippen molar-refractivity contribution in [2.24, 2.45) is 0 Å². The molecule has 0 bridgehead atoms. The first-order valence-electron chi connectivity index (χ1n) is 7.52. The van der Waals surface area contributed by atoms with Crippen LogP contribution in [0.3, 0.4) is 0 Å². The molecule has 0 aliphatic rings. The second kappa shape index (κ2) is 6.02. The number of hydrogen-bond acceptors (Lipinski definition) is 3. The minimum Gasteiger partial charge on any atom is -0.310 e. The number of nitrogens with one attached hydrogen (secondary N) is 1. The molecular weight excluding hydrogens is 323 g/mol. The average molecular weight is 336 g/mol. The number of hydrogen-bond donors (Lipinski definition) is 1. The second-order valence-corrected chi connectivity index (χ2v) is 6.55. The van der Waals surface area contributed by atoms with Crippen LogP contribution >= 0.6 is 11.3 Å². The van der Waals surface area contributed by atoms with Crippen LogP contribution in [0.5, 0.6) is 0 Å². The lowest BCUT2D eigenvalue weighted by Gasteiger charge is -2.01. The van der Waals surface area contributed by atoms with E-state index in [0.717, 1.165) is 16.0 Å². The smallest absolute Gasteiger partial charge is 0.259 e. The third kappa shape index (κ3) is 2.86. The SMILES string of the molecule is O=c1[nH]c(Cc2cccc(F)c2)nc2sc(-c3ccccc3)cc12. The third-order valence-electron chi connectivity index (χ3n) is 3.77. The molecule has 0 amide bonds. The van der Waals surface area contributed by atoms with Crippen molar-refractivity contribution in [2.75, 3.05) is 0 Å². The molecule has 118 valence electrons. The zero-order chi connectivity index (χ0) is 16.5. The van der Waals surface area contributed by atoms with Gasteiger partial charge in [-0.05, 0) is 29.3 Å². The Kier molecular flexibility index (Phi) is 3.70. The van der Waals surface area contributed by atoms with E-state index in [9.17, 15) is 9.18 Å². The third-order valence-corrected chi connectivity index (χ3v) is 4.85. The van der Waals surface area contributed by atoms with Gasteiger partial charge in [0.15, 0.2) is 0 Å². The molecule has 0 atom stereocenters. The number of thiophene rings is 1. The van der Waals surface area contributed by atoms with Gasteiger partial charge in [-0.1, -0.05) is 42.5 Å². The maximum atomic E-state index is 13.3. The van der Waals surface area contributed by atoms with E-state index in [4.69, 9.17) is 0 Å². The van der Waals surface area contributed by atoms with Crippen molar-refractivity contribution in [1.29, 1.82) is 0 Å². The summed E-state index contributed by atoms with van der Waals surface area (Å²) in [5.74, 6) is 0.248. The molecule has 0 unspecified atom stereocenters. The highest BCUT2D eigenvalue weighted by Gasteiger charge is 2.10. The van der Waals surface area contributed by atoms with Gasteiger partial charge in [0.1, 0.15) is 16.5 Å². The molecule has 0 spiro atoms. The largest absolute Gasteiger partial charge is 0.310 e. The molecule has 2 heterocycles. The quantitative estimate of drug-likeness (QED) is 0.603. The number of rotatable bonds is 3. The van der Waals surface area contributed by atoms with E-state index < -0.39 is 0 Å². The predicted octanol–water partition coefficient (Wildman–Crippen LogP) is 4.38. The Morgan fingerprint density at radius 1 is 1.04 bits per heavy atom. The van der Waals surface area contributed by atoms with Crippen LogP contribution in [0, 0.1) is 5.82 Å². The van der Waals surface area contributed by atoms with Crippen molar-refractivity contribution in [2.45, 2.75) is 6.42 Å². The van der Waals surface area contributed by atoms with E-state index in [1.165, 1.54) is 23.5 Å². The number of halogens is 1. The van der Waals surface area contributed by atoms with Crippen molar-refractivity contribution in [1.82, 2.24) is 9.97 Å². The average Bonchev–Trinajstić information content (AvgIpc) is 3.00. The van der Waals surface area contributed by atoms with Crippen LogP contribution < -0.4 is 5.56 Å². The highest BCUT2D eigenvalue weighted by atomic mass is 32.1. The standard InChI is InChI=1S/C19H13FN2OS/c20-14-8-4-5-12(9-14)10-17-21-18(23)15-11-16(24-19(15)22-17)13-6-2-1-3-7-13/h1-9,11H,10H2,(H,21,22,23). The fourth-order valence-corrected chi connectivity index (χ4v) is 3.70. The van der Waals surface area contributed by atoms with Gasteiger partial charge in [-0.25, -0.2) is 9.37 Å². The molecule has 0 saturated heterocycles. The Morgan fingerprint density at radius 3 is 2.67 bits per heavy atom. The highest BCUT2D eigenvalue weighted by molar-refractivity contribution is 7.21. The number of aromatic amines is 1. The lowest BCUT2D eigenvalue weighted by atomic mass is 10.1. The first-order valence-corrected chi connectivity index (χ1v) is 8.33. The summed E-state index contributed by atoms with van der Waals surface area (Å²) in [6.45, 7) is 0. The van der Waals surface area contributed by atoms with Crippen molar-refractivity contribution in [3.63, 3.8) is 0 Å². The fourth-order valence-electron chi connectivity index (χ4n) is 2.64. The lowest BCUT2D eigenvalue weighted by molar-refractivity contribution is 0.626. The van der Waals surface area contributed by atoms with Gasteiger partial charge >= 0.3 is 0 Å². The summed E-state index contributed by atoms with van der Waals surface area (Å²) < 4.78 is 13.3. The summed E-state index contributed by atoms with van der Waals surface area (Å²) >= 11 is 1.49. The van der Waals surface area contributed by atoms with Gasteiger partial charge in [-0.15, -0.1) is 11.3 Å². The Bertz CT molecular complexity index is 1070. The van der Waals surface area contributed by atoms with Crippen molar-refractivity contribution < 1.29 is 4.39 Å². The molecule has 4 aromatic rings. The molecule has 3 nitrogen and oxygen atoms in total. The van der Waals surface area contributed by atoms with Crippen LogP contribution in [0.2, 0.25) is 0 Å². The van der Waals surface area contributed by atoms with E-state index in [1.807, 2.05) is 42.5 Å². The van der Waals surface area contributed by atoms with Crippen LogP contribution in [0.4, 0.5) is 4.39 Å². The van der Waals surface area contributed by atoms with Crippen LogP contribution in [0.25, 0.3) is 20.7 Å². The number of aromatic nitrogens is 2. The molecule has 2 aromatic heterocycles. The molecule has 5 heteroatoms. The zero-order valence-corrected chi connectivity index (χ0v) is 13.4. The zero-order valence-electron chi connectivity index (χ0n) is 12.6. The summed E-state index contributed by atoms with van der Waals surface area (Å²) in [7, 11) is 0. The molecule has 0 fully saturated rings. The molecule has 0 aliphatic carbocycles. The minimum atomic E-state index is -0.293. The van der Waals surface area contributed by atoms with Gasteiger partial charge in [-0.3, -0.25) is 4.79 Å².